The second-order valence-electron chi connectivity index (χ2n) is 6.04. The van der Waals surface area contributed by atoms with Gasteiger partial charge in [0.2, 0.25) is 0 Å². The van der Waals surface area contributed by atoms with E-state index in [1.165, 1.54) is 6.42 Å². The van der Waals surface area contributed by atoms with E-state index >= 15 is 0 Å². The van der Waals surface area contributed by atoms with E-state index in [2.05, 4.69) is 25.2 Å². The van der Waals surface area contributed by atoms with Crippen LogP contribution in [-0.4, -0.2) is 43.8 Å². The maximum atomic E-state index is 6.37. The van der Waals surface area contributed by atoms with Crippen LogP contribution >= 0.6 is 0 Å². The lowest BCUT2D eigenvalue weighted by Gasteiger charge is -2.34. The highest BCUT2D eigenvalue weighted by molar-refractivity contribution is 6.60. The predicted octanol–water partition coefficient (Wildman–Crippen LogP) is 3.39. The molecule has 0 amide bonds. The highest BCUT2D eigenvalue weighted by Crippen LogP contribution is 2.58. The summed E-state index contributed by atoms with van der Waals surface area (Å²) in [6.07, 6.45) is 7.29. The average molecular weight is 330 g/mol. The Morgan fingerprint density at radius 3 is 2.05 bits per heavy atom. The molecule has 0 heterocycles. The summed E-state index contributed by atoms with van der Waals surface area (Å²) in [6, 6.07) is 0. The fourth-order valence-electron chi connectivity index (χ4n) is 3.43. The third-order valence-electron chi connectivity index (χ3n) is 4.56. The Balaban J connectivity index is 2.09. The van der Waals surface area contributed by atoms with Crippen LogP contribution in [0, 0.1) is 5.92 Å². The predicted molar refractivity (Wildman–Crippen MR) is 87.5 cm³/mol. The van der Waals surface area contributed by atoms with E-state index in [1.54, 1.807) is 0 Å². The van der Waals surface area contributed by atoms with Crippen LogP contribution in [0.15, 0.2) is 12.2 Å². The summed E-state index contributed by atoms with van der Waals surface area (Å²) in [6.45, 7) is 12.4. The van der Waals surface area contributed by atoms with Gasteiger partial charge in [-0.3, -0.25) is 0 Å². The monoisotopic (exact) mass is 329 g/mol. The number of rotatable bonds is 9. The van der Waals surface area contributed by atoms with E-state index < -0.39 is 9.05 Å². The molecule has 0 saturated heterocycles. The van der Waals surface area contributed by atoms with Crippen LogP contribution in [0.5, 0.6) is 0 Å². The molecule has 0 aromatic carbocycles. The Morgan fingerprint density at radius 2 is 1.62 bits per heavy atom. The first kappa shape index (κ1) is 17.4. The van der Waals surface area contributed by atoms with E-state index in [-0.39, 0.29) is 14.9 Å². The number of hydrogen-bond acceptors (Lipinski definition) is 4. The largest absolute Gasteiger partial charge is 0.679 e. The molecule has 3 unspecified atom stereocenters. The van der Waals surface area contributed by atoms with Crippen molar-refractivity contribution in [2.45, 2.75) is 57.8 Å². The second-order valence-corrected chi connectivity index (χ2v) is 11.1. The van der Waals surface area contributed by atoms with Crippen LogP contribution in [-0.2, 0) is 17.7 Å². The number of allylic oxidation sites excluding steroid dienone is 1. The normalized spacial score (nSPS) is 31.5. The molecule has 1 fully saturated rings. The molecule has 0 N–H and O–H groups in total. The first-order chi connectivity index (χ1) is 10.0. The molecule has 4 nitrogen and oxygen atoms in total. The Hall–Kier alpha value is 0.0138. The average Bonchev–Trinajstić information content (AvgIpc) is 2.99. The molecule has 0 spiro atoms. The zero-order chi connectivity index (χ0) is 15.5. The van der Waals surface area contributed by atoms with E-state index in [4.69, 9.17) is 17.7 Å². The van der Waals surface area contributed by atoms with Crippen molar-refractivity contribution in [2.24, 2.45) is 5.92 Å². The van der Waals surface area contributed by atoms with E-state index in [9.17, 15) is 0 Å². The molecule has 1 saturated carbocycles. The van der Waals surface area contributed by atoms with Crippen molar-refractivity contribution in [3.8, 4) is 0 Å². The summed E-state index contributed by atoms with van der Waals surface area (Å²) in [5.74, 6) is 0.498. The maximum Gasteiger partial charge on any atom is 0.679 e. The van der Waals surface area contributed by atoms with Crippen LogP contribution < -0.4 is 0 Å². The van der Waals surface area contributed by atoms with Crippen molar-refractivity contribution < 1.29 is 17.7 Å². The van der Waals surface area contributed by atoms with Gasteiger partial charge in [-0.05, 0) is 38.7 Å². The molecule has 121 valence electrons. The standard InChI is InChI=1S/C15H29O4Si2/c1-6-16-21(17-7-2,18-8-3)19-14-12-15(20(4)5)10-9-13(14)11-15/h9-10,13-14H,6-8,11-12H2,1-5H3. The molecule has 2 bridgehead atoms. The van der Waals surface area contributed by atoms with Gasteiger partial charge in [0, 0.05) is 25.7 Å². The van der Waals surface area contributed by atoms with Crippen LogP contribution in [0.1, 0.15) is 33.6 Å². The Labute approximate surface area is 131 Å². The zero-order valence-electron chi connectivity index (χ0n) is 14.0. The summed E-state index contributed by atoms with van der Waals surface area (Å²) < 4.78 is 23.9. The molecule has 2 rings (SSSR count). The molecule has 1 radical (unpaired) electrons. The van der Waals surface area contributed by atoms with Gasteiger partial charge in [-0.25, -0.2) is 0 Å². The Bertz CT molecular complexity index is 358. The van der Waals surface area contributed by atoms with Gasteiger partial charge in [0.25, 0.3) is 0 Å². The van der Waals surface area contributed by atoms with Crippen LogP contribution in [0.25, 0.3) is 0 Å². The summed E-state index contributed by atoms with van der Waals surface area (Å²) in [7, 11) is -3.37. The highest BCUT2D eigenvalue weighted by atomic mass is 28.4. The molecule has 2 aliphatic carbocycles. The fourth-order valence-corrected chi connectivity index (χ4v) is 7.26. The summed E-state index contributed by atoms with van der Waals surface area (Å²) in [5, 5.41) is 0.394. The van der Waals surface area contributed by atoms with E-state index in [0.29, 0.717) is 30.8 Å². The topological polar surface area (TPSA) is 36.9 Å². The quantitative estimate of drug-likeness (QED) is 0.480. The molecule has 2 aliphatic rings. The molecular weight excluding hydrogens is 300 g/mol. The minimum atomic E-state index is -2.99. The molecule has 0 aliphatic heterocycles. The van der Waals surface area contributed by atoms with Gasteiger partial charge in [-0.15, -0.1) is 0 Å². The smallest absolute Gasteiger partial charge is 0.351 e. The van der Waals surface area contributed by atoms with E-state index in [1.807, 2.05) is 20.8 Å². The molecule has 0 aromatic rings. The third kappa shape index (κ3) is 3.51. The first-order valence-electron chi connectivity index (χ1n) is 8.10. The van der Waals surface area contributed by atoms with Crippen molar-refractivity contribution in [3.05, 3.63) is 12.2 Å². The molecular formula is C15H29O4Si2. The van der Waals surface area contributed by atoms with Gasteiger partial charge < -0.3 is 17.7 Å². The number of hydrogen-bond donors (Lipinski definition) is 0. The summed E-state index contributed by atoms with van der Waals surface area (Å²) >= 11 is 0. The lowest BCUT2D eigenvalue weighted by atomic mass is 10.0. The third-order valence-corrected chi connectivity index (χ3v) is 9.64. The van der Waals surface area contributed by atoms with Gasteiger partial charge in [-0.1, -0.05) is 25.2 Å². The molecule has 6 heteroatoms. The second kappa shape index (κ2) is 7.06. The summed E-state index contributed by atoms with van der Waals surface area (Å²) in [4.78, 5) is 0. The van der Waals surface area contributed by atoms with Crippen molar-refractivity contribution in [1.29, 1.82) is 0 Å². The van der Waals surface area contributed by atoms with Crippen molar-refractivity contribution in [2.75, 3.05) is 19.8 Å². The van der Waals surface area contributed by atoms with Crippen molar-refractivity contribution in [3.63, 3.8) is 0 Å². The van der Waals surface area contributed by atoms with Gasteiger partial charge in [-0.2, -0.15) is 0 Å². The van der Waals surface area contributed by atoms with Crippen LogP contribution in [0.2, 0.25) is 18.1 Å². The van der Waals surface area contributed by atoms with Crippen molar-refractivity contribution in [1.82, 2.24) is 0 Å². The van der Waals surface area contributed by atoms with Gasteiger partial charge in [0.1, 0.15) is 0 Å². The van der Waals surface area contributed by atoms with Gasteiger partial charge >= 0.3 is 9.05 Å². The van der Waals surface area contributed by atoms with Crippen molar-refractivity contribution >= 4 is 17.8 Å². The Morgan fingerprint density at radius 1 is 1.05 bits per heavy atom. The minimum absolute atomic E-state index is 0.186. The van der Waals surface area contributed by atoms with Crippen LogP contribution in [0.4, 0.5) is 0 Å². The first-order valence-corrected chi connectivity index (χ1v) is 12.2. The van der Waals surface area contributed by atoms with E-state index in [0.717, 1.165) is 6.42 Å². The maximum absolute atomic E-state index is 6.37. The SMILES string of the molecule is CCO[Si](OCC)(OCC)OC1CC2([Si](C)C)C=CC1C2. The summed E-state index contributed by atoms with van der Waals surface area (Å²) in [5.41, 5.74) is 0. The number of fused-ring (bicyclic) bond motifs is 2. The van der Waals surface area contributed by atoms with Crippen LogP contribution in [0.3, 0.4) is 0 Å². The minimum Gasteiger partial charge on any atom is -0.351 e. The zero-order valence-corrected chi connectivity index (χ0v) is 16.0. The lowest BCUT2D eigenvalue weighted by molar-refractivity contribution is -0.0551. The fraction of sp³-hybridized carbons (Fsp3) is 0.867. The molecule has 0 aromatic heterocycles. The molecule has 3 atom stereocenters. The van der Waals surface area contributed by atoms with Gasteiger partial charge in [0.05, 0.1) is 14.9 Å². The Kier molecular flexibility index (Phi) is 5.84. The lowest BCUT2D eigenvalue weighted by Crippen LogP contribution is -2.52. The molecule has 21 heavy (non-hydrogen) atoms. The highest BCUT2D eigenvalue weighted by Gasteiger charge is 2.55. The van der Waals surface area contributed by atoms with Gasteiger partial charge in [0.15, 0.2) is 0 Å².